The smallest absolute Gasteiger partial charge is 0.150 e. The van der Waals surface area contributed by atoms with Gasteiger partial charge in [-0.1, -0.05) is 29.8 Å². The summed E-state index contributed by atoms with van der Waals surface area (Å²) in [5, 5.41) is 22.9. The molecule has 0 saturated carbocycles. The lowest BCUT2D eigenvalue weighted by atomic mass is 10.2. The molecule has 0 bridgehead atoms. The van der Waals surface area contributed by atoms with Gasteiger partial charge in [0.05, 0.1) is 27.8 Å². The maximum Gasteiger partial charge on any atom is 0.150 e. The number of nitrogens with zero attached hydrogens (tertiary/aromatic N) is 2. The van der Waals surface area contributed by atoms with Crippen molar-refractivity contribution in [2.75, 3.05) is 38.2 Å². The van der Waals surface area contributed by atoms with Crippen LogP contribution in [0, 0.1) is 0 Å². The van der Waals surface area contributed by atoms with E-state index in [1.807, 2.05) is 53.3 Å². The number of fused-ring (bicyclic) bond motifs is 1. The largest absolute Gasteiger partial charge is 0.490 e. The highest BCUT2D eigenvalue weighted by Crippen LogP contribution is 2.30. The highest BCUT2D eigenvalue weighted by atomic mass is 35.5. The van der Waals surface area contributed by atoms with Gasteiger partial charge < -0.3 is 25.2 Å². The Kier molecular flexibility index (Phi) is 7.64. The van der Waals surface area contributed by atoms with Crippen molar-refractivity contribution >= 4 is 28.2 Å². The van der Waals surface area contributed by atoms with Gasteiger partial charge in [0.2, 0.25) is 0 Å². The van der Waals surface area contributed by atoms with E-state index in [0.29, 0.717) is 24.7 Å². The Balaban J connectivity index is 1.23. The number of hydrogen-bond acceptors (Lipinski definition) is 6. The molecule has 2 unspecified atom stereocenters. The van der Waals surface area contributed by atoms with E-state index in [0.717, 1.165) is 48.2 Å². The number of aliphatic hydroxyl groups is 1. The number of ether oxygens (including phenoxy) is 2. The van der Waals surface area contributed by atoms with Crippen LogP contribution in [0.25, 0.3) is 10.9 Å². The summed E-state index contributed by atoms with van der Waals surface area (Å²) >= 11 is 6.12. The number of anilines is 1. The van der Waals surface area contributed by atoms with Crippen LogP contribution in [-0.4, -0.2) is 53.8 Å². The van der Waals surface area contributed by atoms with E-state index in [2.05, 4.69) is 15.7 Å². The Morgan fingerprint density at radius 2 is 2.10 bits per heavy atom. The molecular weight excluding hydrogens is 416 g/mol. The number of aromatic nitrogens is 2. The molecule has 2 heterocycles. The fourth-order valence-corrected chi connectivity index (χ4v) is 3.92. The molecule has 2 aromatic carbocycles. The van der Waals surface area contributed by atoms with E-state index >= 15 is 0 Å². The lowest BCUT2D eigenvalue weighted by Gasteiger charge is -2.23. The summed E-state index contributed by atoms with van der Waals surface area (Å²) in [5.74, 6) is 0.721. The van der Waals surface area contributed by atoms with Gasteiger partial charge >= 0.3 is 0 Å². The van der Waals surface area contributed by atoms with Crippen LogP contribution in [0.4, 0.5) is 5.69 Å². The number of para-hydroxylation sites is 1. The average Bonchev–Trinajstić information content (AvgIpc) is 3.24. The Morgan fingerprint density at radius 3 is 2.94 bits per heavy atom. The number of halogens is 1. The number of benzene rings is 2. The van der Waals surface area contributed by atoms with Gasteiger partial charge in [0, 0.05) is 26.2 Å². The zero-order chi connectivity index (χ0) is 21.5. The van der Waals surface area contributed by atoms with Gasteiger partial charge in [-0.25, -0.2) is 4.68 Å². The van der Waals surface area contributed by atoms with Crippen molar-refractivity contribution in [1.82, 2.24) is 15.1 Å². The summed E-state index contributed by atoms with van der Waals surface area (Å²) in [5.41, 5.74) is 1.89. The van der Waals surface area contributed by atoms with Crippen LogP contribution < -0.4 is 15.4 Å². The van der Waals surface area contributed by atoms with Crippen molar-refractivity contribution in [2.24, 2.45) is 0 Å². The second-order valence-corrected chi connectivity index (χ2v) is 8.08. The second-order valence-electron chi connectivity index (χ2n) is 7.67. The molecule has 0 spiro atoms. The Labute approximate surface area is 187 Å². The third-order valence-electron chi connectivity index (χ3n) is 5.33. The zero-order valence-electron chi connectivity index (χ0n) is 17.5. The molecule has 0 aliphatic carbocycles. The first-order chi connectivity index (χ1) is 15.2. The number of nitrogens with one attached hydrogen (secondary N) is 2. The second kappa shape index (κ2) is 10.8. The topological polar surface area (TPSA) is 80.6 Å². The van der Waals surface area contributed by atoms with Crippen molar-refractivity contribution in [3.63, 3.8) is 0 Å². The van der Waals surface area contributed by atoms with Crippen LogP contribution in [0.15, 0.2) is 48.7 Å². The van der Waals surface area contributed by atoms with Crippen LogP contribution >= 0.6 is 11.6 Å². The molecule has 0 radical (unpaired) electrons. The number of aliphatic hydroxyl groups excluding tert-OH is 1. The summed E-state index contributed by atoms with van der Waals surface area (Å²) in [6, 6.07) is 13.5. The van der Waals surface area contributed by atoms with E-state index in [4.69, 9.17) is 21.1 Å². The predicted octanol–water partition coefficient (Wildman–Crippen LogP) is 3.83. The van der Waals surface area contributed by atoms with Crippen molar-refractivity contribution < 1.29 is 14.6 Å². The first-order valence-corrected chi connectivity index (χ1v) is 11.2. The third-order valence-corrected chi connectivity index (χ3v) is 5.66. The van der Waals surface area contributed by atoms with E-state index < -0.39 is 6.10 Å². The Hall–Kier alpha value is -2.32. The molecule has 3 aromatic rings. The minimum atomic E-state index is -0.618. The minimum absolute atomic E-state index is 0.0179. The lowest BCUT2D eigenvalue weighted by Crippen LogP contribution is -2.34. The number of rotatable bonds is 10. The normalized spacial score (nSPS) is 17.5. The van der Waals surface area contributed by atoms with Crippen molar-refractivity contribution in [3.8, 4) is 5.75 Å². The predicted molar refractivity (Wildman–Crippen MR) is 123 cm³/mol. The van der Waals surface area contributed by atoms with Gasteiger partial charge in [-0.15, -0.1) is 0 Å². The van der Waals surface area contributed by atoms with E-state index in [1.165, 1.54) is 0 Å². The highest BCUT2D eigenvalue weighted by molar-refractivity contribution is 6.33. The molecule has 3 N–H and O–H groups in total. The molecule has 7 nitrogen and oxygen atoms in total. The standard InChI is InChI=1S/C23H29ClN4O3/c24-19-6-1-2-7-20(19)26-12-11-25-14-17(29)16-31-22-9-5-8-21-18(22)15-27-28(21)23-10-3-4-13-30-23/h1-2,5-9,15,17,23,25-26,29H,3-4,10-14,16H2. The van der Waals surface area contributed by atoms with Crippen LogP contribution in [0.3, 0.4) is 0 Å². The maximum absolute atomic E-state index is 10.3. The van der Waals surface area contributed by atoms with Crippen LogP contribution in [0.1, 0.15) is 25.5 Å². The fraction of sp³-hybridized carbons (Fsp3) is 0.435. The van der Waals surface area contributed by atoms with Gasteiger partial charge in [-0.3, -0.25) is 0 Å². The molecule has 166 valence electrons. The summed E-state index contributed by atoms with van der Waals surface area (Å²) in [6.07, 6.45) is 4.40. The summed E-state index contributed by atoms with van der Waals surface area (Å²) in [4.78, 5) is 0. The third kappa shape index (κ3) is 5.68. The van der Waals surface area contributed by atoms with E-state index in [1.54, 1.807) is 0 Å². The molecule has 2 atom stereocenters. The van der Waals surface area contributed by atoms with Gasteiger partial charge in [-0.05, 0) is 43.5 Å². The molecule has 4 rings (SSSR count). The Morgan fingerprint density at radius 1 is 1.19 bits per heavy atom. The lowest BCUT2D eigenvalue weighted by molar-refractivity contribution is -0.0366. The van der Waals surface area contributed by atoms with E-state index in [-0.39, 0.29) is 12.8 Å². The fourth-order valence-electron chi connectivity index (χ4n) is 3.72. The molecular formula is C23H29ClN4O3. The van der Waals surface area contributed by atoms with Gasteiger partial charge in [-0.2, -0.15) is 5.10 Å². The quantitative estimate of drug-likeness (QED) is 0.412. The van der Waals surface area contributed by atoms with Crippen LogP contribution in [0.5, 0.6) is 5.75 Å². The summed E-state index contributed by atoms with van der Waals surface area (Å²) in [7, 11) is 0. The summed E-state index contributed by atoms with van der Waals surface area (Å²) < 4.78 is 13.7. The minimum Gasteiger partial charge on any atom is -0.490 e. The Bertz CT molecular complexity index is 974. The first kappa shape index (κ1) is 21.9. The summed E-state index contributed by atoms with van der Waals surface area (Å²) in [6.45, 7) is 2.82. The van der Waals surface area contributed by atoms with Crippen LogP contribution in [0.2, 0.25) is 5.02 Å². The SMILES string of the molecule is OC(CNCCNc1ccccc1Cl)COc1cccc2c1cnn2C1CCCCO1. The first-order valence-electron chi connectivity index (χ1n) is 10.8. The van der Waals surface area contributed by atoms with Crippen molar-refractivity contribution in [2.45, 2.75) is 31.6 Å². The molecule has 1 aromatic heterocycles. The van der Waals surface area contributed by atoms with Gasteiger partial charge in [0.15, 0.2) is 6.23 Å². The molecule has 1 fully saturated rings. The highest BCUT2D eigenvalue weighted by Gasteiger charge is 2.19. The van der Waals surface area contributed by atoms with Crippen molar-refractivity contribution in [3.05, 3.63) is 53.7 Å². The average molecular weight is 445 g/mol. The molecule has 8 heteroatoms. The molecule has 31 heavy (non-hydrogen) atoms. The van der Waals surface area contributed by atoms with Crippen LogP contribution in [-0.2, 0) is 4.74 Å². The maximum atomic E-state index is 10.3. The number of hydrogen-bond donors (Lipinski definition) is 3. The van der Waals surface area contributed by atoms with E-state index in [9.17, 15) is 5.11 Å². The molecule has 1 aliphatic heterocycles. The molecule has 1 aliphatic rings. The molecule has 0 amide bonds. The molecule has 1 saturated heterocycles. The monoisotopic (exact) mass is 444 g/mol. The van der Waals surface area contributed by atoms with Crippen molar-refractivity contribution in [1.29, 1.82) is 0 Å². The zero-order valence-corrected chi connectivity index (χ0v) is 18.2. The van der Waals surface area contributed by atoms with Gasteiger partial charge in [0.25, 0.3) is 0 Å². The van der Waals surface area contributed by atoms with Gasteiger partial charge in [0.1, 0.15) is 18.5 Å².